The van der Waals surface area contributed by atoms with Gasteiger partial charge in [-0.3, -0.25) is 4.79 Å². The molecule has 0 radical (unpaired) electrons. The van der Waals surface area contributed by atoms with Crippen LogP contribution in [0.15, 0.2) is 60.7 Å². The Hall–Kier alpha value is -3.41. The number of ether oxygens (including phenoxy) is 1. The van der Waals surface area contributed by atoms with E-state index in [-0.39, 0.29) is 12.5 Å². The van der Waals surface area contributed by atoms with E-state index in [1.165, 1.54) is 7.05 Å². The van der Waals surface area contributed by atoms with Crippen molar-refractivity contribution in [1.29, 1.82) is 0 Å². The molecular formula is C20H19N3O3. The molecule has 2 aromatic carbocycles. The van der Waals surface area contributed by atoms with Crippen molar-refractivity contribution >= 4 is 28.6 Å². The number of fused-ring (bicyclic) bond motifs is 1. The quantitative estimate of drug-likeness (QED) is 0.669. The minimum atomic E-state index is -0.560. The average Bonchev–Trinajstić information content (AvgIpc) is 2.70. The first-order chi connectivity index (χ1) is 12.7. The van der Waals surface area contributed by atoms with Crippen molar-refractivity contribution in [2.24, 2.45) is 0 Å². The van der Waals surface area contributed by atoms with Gasteiger partial charge in [-0.05, 0) is 17.7 Å². The summed E-state index contributed by atoms with van der Waals surface area (Å²) in [6, 6.07) is 18.9. The van der Waals surface area contributed by atoms with Gasteiger partial charge in [0.05, 0.1) is 11.1 Å². The molecule has 0 saturated carbocycles. The second kappa shape index (κ2) is 8.11. The molecule has 1 amide bonds. The van der Waals surface area contributed by atoms with Gasteiger partial charge in [-0.1, -0.05) is 48.5 Å². The van der Waals surface area contributed by atoms with Crippen LogP contribution >= 0.6 is 0 Å². The van der Waals surface area contributed by atoms with E-state index in [0.29, 0.717) is 28.8 Å². The number of rotatable bonds is 6. The lowest BCUT2D eigenvalue weighted by atomic mass is 10.1. The molecular weight excluding hydrogens is 330 g/mol. The van der Waals surface area contributed by atoms with Crippen LogP contribution in [-0.4, -0.2) is 30.5 Å². The lowest BCUT2D eigenvalue weighted by Gasteiger charge is -2.11. The zero-order valence-electron chi connectivity index (χ0n) is 14.4. The van der Waals surface area contributed by atoms with Gasteiger partial charge in [0.1, 0.15) is 5.82 Å². The van der Waals surface area contributed by atoms with Crippen molar-refractivity contribution in [3.63, 3.8) is 0 Å². The van der Waals surface area contributed by atoms with Crippen LogP contribution in [-0.2, 0) is 16.1 Å². The summed E-state index contributed by atoms with van der Waals surface area (Å²) in [7, 11) is 1.49. The summed E-state index contributed by atoms with van der Waals surface area (Å²) in [6.07, 6.45) is 0. The fourth-order valence-electron chi connectivity index (χ4n) is 2.50. The fraction of sp³-hybridized carbons (Fsp3) is 0.150. The zero-order valence-corrected chi connectivity index (χ0v) is 14.4. The van der Waals surface area contributed by atoms with Crippen LogP contribution in [0.5, 0.6) is 0 Å². The van der Waals surface area contributed by atoms with E-state index in [1.807, 2.05) is 48.5 Å². The van der Waals surface area contributed by atoms with Gasteiger partial charge in [-0.15, -0.1) is 0 Å². The monoisotopic (exact) mass is 349 g/mol. The number of nitrogens with zero attached hydrogens (tertiary/aromatic N) is 1. The van der Waals surface area contributed by atoms with Crippen LogP contribution < -0.4 is 10.6 Å². The minimum Gasteiger partial charge on any atom is -0.452 e. The number of para-hydroxylation sites is 1. The number of aromatic nitrogens is 1. The number of anilines is 1. The van der Waals surface area contributed by atoms with Crippen molar-refractivity contribution in [3.8, 4) is 0 Å². The van der Waals surface area contributed by atoms with Gasteiger partial charge >= 0.3 is 5.97 Å². The maximum atomic E-state index is 12.4. The average molecular weight is 349 g/mol. The Balaban J connectivity index is 1.86. The highest BCUT2D eigenvalue weighted by Crippen LogP contribution is 2.22. The minimum absolute atomic E-state index is 0.321. The van der Waals surface area contributed by atoms with Gasteiger partial charge in [0.2, 0.25) is 0 Å². The topological polar surface area (TPSA) is 80.3 Å². The van der Waals surface area contributed by atoms with E-state index in [2.05, 4.69) is 15.6 Å². The molecule has 0 unspecified atom stereocenters. The summed E-state index contributed by atoms with van der Waals surface area (Å²) in [5.41, 5.74) is 2.15. The second-order valence-corrected chi connectivity index (χ2v) is 5.66. The Labute approximate surface area is 151 Å². The molecule has 3 aromatic rings. The highest BCUT2D eigenvalue weighted by Gasteiger charge is 2.15. The number of hydrogen-bond donors (Lipinski definition) is 2. The molecule has 1 aromatic heterocycles. The number of amides is 1. The molecule has 6 nitrogen and oxygen atoms in total. The predicted octanol–water partition coefficient (Wildman–Crippen LogP) is 2.75. The SMILES string of the molecule is CNC(=O)COC(=O)c1cc(NCc2ccccc2)nc2ccccc12. The third-order valence-corrected chi connectivity index (χ3v) is 3.87. The molecule has 3 rings (SSSR count). The number of hydrogen-bond acceptors (Lipinski definition) is 5. The van der Waals surface area contributed by atoms with E-state index < -0.39 is 5.97 Å². The number of nitrogens with one attached hydrogen (secondary N) is 2. The second-order valence-electron chi connectivity index (χ2n) is 5.66. The molecule has 0 saturated heterocycles. The maximum Gasteiger partial charge on any atom is 0.339 e. The maximum absolute atomic E-state index is 12.4. The highest BCUT2D eigenvalue weighted by molar-refractivity contribution is 6.04. The first kappa shape index (κ1) is 17.4. The van der Waals surface area contributed by atoms with Crippen molar-refractivity contribution in [2.45, 2.75) is 6.54 Å². The van der Waals surface area contributed by atoms with Gasteiger partial charge < -0.3 is 15.4 Å². The van der Waals surface area contributed by atoms with Gasteiger partial charge in [0.15, 0.2) is 6.61 Å². The fourth-order valence-corrected chi connectivity index (χ4v) is 2.50. The van der Waals surface area contributed by atoms with Gasteiger partial charge in [-0.25, -0.2) is 9.78 Å². The summed E-state index contributed by atoms with van der Waals surface area (Å²) >= 11 is 0. The standard InChI is InChI=1S/C20H19N3O3/c1-21-19(24)13-26-20(25)16-11-18(22-12-14-7-3-2-4-8-14)23-17-10-6-5-9-15(16)17/h2-11H,12-13H2,1H3,(H,21,24)(H,22,23). The Morgan fingerprint density at radius 3 is 2.54 bits per heavy atom. The van der Waals surface area contributed by atoms with E-state index in [0.717, 1.165) is 5.56 Å². The number of carbonyl (C=O) groups excluding carboxylic acids is 2. The molecule has 26 heavy (non-hydrogen) atoms. The number of benzene rings is 2. The summed E-state index contributed by atoms with van der Waals surface area (Å²) in [5, 5.41) is 6.32. The largest absolute Gasteiger partial charge is 0.452 e. The van der Waals surface area contributed by atoms with E-state index >= 15 is 0 Å². The van der Waals surface area contributed by atoms with E-state index in [4.69, 9.17) is 4.74 Å². The van der Waals surface area contributed by atoms with Crippen molar-refractivity contribution in [3.05, 3.63) is 71.8 Å². The summed E-state index contributed by atoms with van der Waals surface area (Å²) in [5.74, 6) is -0.353. The van der Waals surface area contributed by atoms with Crippen LogP contribution in [0, 0.1) is 0 Å². The third kappa shape index (κ3) is 4.16. The van der Waals surface area contributed by atoms with Crippen molar-refractivity contribution < 1.29 is 14.3 Å². The molecule has 0 bridgehead atoms. The number of carbonyl (C=O) groups is 2. The van der Waals surface area contributed by atoms with E-state index in [9.17, 15) is 9.59 Å². The number of likely N-dealkylation sites (N-methyl/N-ethyl adjacent to an activating group) is 1. The molecule has 0 atom stereocenters. The normalized spacial score (nSPS) is 10.3. The molecule has 6 heteroatoms. The summed E-state index contributed by atoms with van der Waals surface area (Å²) < 4.78 is 5.10. The molecule has 0 fully saturated rings. The number of esters is 1. The zero-order chi connectivity index (χ0) is 18.4. The third-order valence-electron chi connectivity index (χ3n) is 3.87. The Morgan fingerprint density at radius 2 is 1.77 bits per heavy atom. The van der Waals surface area contributed by atoms with E-state index in [1.54, 1.807) is 12.1 Å². The Kier molecular flexibility index (Phi) is 5.43. The van der Waals surface area contributed by atoms with Crippen LogP contribution in [0.4, 0.5) is 5.82 Å². The summed E-state index contributed by atoms with van der Waals surface area (Å²) in [4.78, 5) is 28.3. The Morgan fingerprint density at radius 1 is 1.04 bits per heavy atom. The number of pyridine rings is 1. The Bertz CT molecular complexity index is 926. The first-order valence-corrected chi connectivity index (χ1v) is 8.22. The smallest absolute Gasteiger partial charge is 0.339 e. The summed E-state index contributed by atoms with van der Waals surface area (Å²) in [6.45, 7) is 0.262. The predicted molar refractivity (Wildman–Crippen MR) is 99.9 cm³/mol. The molecule has 0 aliphatic carbocycles. The molecule has 1 heterocycles. The lowest BCUT2D eigenvalue weighted by Crippen LogP contribution is -2.25. The molecule has 2 N–H and O–H groups in total. The molecule has 0 aliphatic rings. The van der Waals surface area contributed by atoms with Crippen LogP contribution in [0.2, 0.25) is 0 Å². The molecule has 132 valence electrons. The van der Waals surface area contributed by atoms with Crippen molar-refractivity contribution in [1.82, 2.24) is 10.3 Å². The molecule has 0 spiro atoms. The van der Waals surface area contributed by atoms with Gasteiger partial charge in [-0.2, -0.15) is 0 Å². The van der Waals surface area contributed by atoms with Crippen molar-refractivity contribution in [2.75, 3.05) is 19.0 Å². The highest BCUT2D eigenvalue weighted by atomic mass is 16.5. The van der Waals surface area contributed by atoms with Crippen LogP contribution in [0.1, 0.15) is 15.9 Å². The molecule has 0 aliphatic heterocycles. The first-order valence-electron chi connectivity index (χ1n) is 8.22. The van der Waals surface area contributed by atoms with Crippen LogP contribution in [0.25, 0.3) is 10.9 Å². The van der Waals surface area contributed by atoms with Gasteiger partial charge in [0, 0.05) is 19.0 Å². The van der Waals surface area contributed by atoms with Gasteiger partial charge in [0.25, 0.3) is 5.91 Å². The lowest BCUT2D eigenvalue weighted by molar-refractivity contribution is -0.123. The van der Waals surface area contributed by atoms with Crippen LogP contribution in [0.3, 0.4) is 0 Å².